The number of aliphatic carboxylic acids is 1. The quantitative estimate of drug-likeness (QED) is 0.760. The summed E-state index contributed by atoms with van der Waals surface area (Å²) in [6.45, 7) is 3.49. The second-order valence-corrected chi connectivity index (χ2v) is 4.61. The number of carbonyl (C=O) groups excluding carboxylic acids is 1. The highest BCUT2D eigenvalue weighted by Crippen LogP contribution is 2.19. The first-order valence-corrected chi connectivity index (χ1v) is 6.39. The number of allylic oxidation sites excluding steroid dienone is 1. The van der Waals surface area contributed by atoms with Crippen LogP contribution in [-0.4, -0.2) is 23.0 Å². The molecule has 0 aliphatic heterocycles. The first-order valence-electron chi connectivity index (χ1n) is 6.01. The van der Waals surface area contributed by atoms with Crippen LogP contribution in [0.15, 0.2) is 30.9 Å². The van der Waals surface area contributed by atoms with Crippen molar-refractivity contribution in [1.29, 1.82) is 0 Å². The summed E-state index contributed by atoms with van der Waals surface area (Å²) < 4.78 is 13.5. The Morgan fingerprint density at radius 3 is 2.75 bits per heavy atom. The van der Waals surface area contributed by atoms with E-state index in [2.05, 4.69) is 11.9 Å². The van der Waals surface area contributed by atoms with Crippen LogP contribution in [0.25, 0.3) is 0 Å². The minimum atomic E-state index is -1.14. The van der Waals surface area contributed by atoms with Crippen LogP contribution in [0.4, 0.5) is 4.39 Å². The largest absolute Gasteiger partial charge is 0.480 e. The fraction of sp³-hybridized carbons (Fsp3) is 0.286. The summed E-state index contributed by atoms with van der Waals surface area (Å²) in [4.78, 5) is 22.7. The minimum Gasteiger partial charge on any atom is -0.480 e. The zero-order valence-electron chi connectivity index (χ0n) is 10.7. The van der Waals surface area contributed by atoms with E-state index in [4.69, 9.17) is 16.7 Å². The lowest BCUT2D eigenvalue weighted by Crippen LogP contribution is -2.41. The summed E-state index contributed by atoms with van der Waals surface area (Å²) in [7, 11) is 0. The predicted molar refractivity (Wildman–Crippen MR) is 74.1 cm³/mol. The Morgan fingerprint density at radius 1 is 1.50 bits per heavy atom. The maximum atomic E-state index is 13.5. The van der Waals surface area contributed by atoms with Crippen molar-refractivity contribution >= 4 is 23.5 Å². The third-order valence-electron chi connectivity index (χ3n) is 2.69. The first kappa shape index (κ1) is 16.2. The normalized spacial score (nSPS) is 11.7. The van der Waals surface area contributed by atoms with E-state index in [-0.39, 0.29) is 23.4 Å². The number of halogens is 2. The molecule has 0 fully saturated rings. The van der Waals surface area contributed by atoms with Gasteiger partial charge in [-0.3, -0.25) is 4.79 Å². The molecule has 1 aromatic carbocycles. The lowest BCUT2D eigenvalue weighted by atomic mass is 10.1. The highest BCUT2D eigenvalue weighted by Gasteiger charge is 2.20. The van der Waals surface area contributed by atoms with Crippen LogP contribution in [0.3, 0.4) is 0 Å². The Balaban J connectivity index is 2.70. The van der Waals surface area contributed by atoms with E-state index < -0.39 is 23.7 Å². The van der Waals surface area contributed by atoms with Crippen molar-refractivity contribution in [2.24, 2.45) is 0 Å². The standard InChI is InChI=1S/C14H15ClFNO3/c1-2-3-7-12(14(19)20)17-13(18)8-9-10(15)5-4-6-11(9)16/h2,4-6,12H,1,3,7-8H2,(H,17,18)(H,19,20). The van der Waals surface area contributed by atoms with Gasteiger partial charge in [-0.15, -0.1) is 6.58 Å². The number of carboxylic acid groups (broad SMARTS) is 1. The maximum Gasteiger partial charge on any atom is 0.326 e. The lowest BCUT2D eigenvalue weighted by Gasteiger charge is -2.14. The van der Waals surface area contributed by atoms with Crippen molar-refractivity contribution in [3.63, 3.8) is 0 Å². The van der Waals surface area contributed by atoms with E-state index in [1.807, 2.05) is 0 Å². The Morgan fingerprint density at radius 2 is 2.20 bits per heavy atom. The van der Waals surface area contributed by atoms with Crippen molar-refractivity contribution in [3.8, 4) is 0 Å². The van der Waals surface area contributed by atoms with Crippen LogP contribution in [-0.2, 0) is 16.0 Å². The molecule has 0 aliphatic carbocycles. The molecule has 6 heteroatoms. The highest BCUT2D eigenvalue weighted by atomic mass is 35.5. The van der Waals surface area contributed by atoms with Crippen LogP contribution >= 0.6 is 11.6 Å². The van der Waals surface area contributed by atoms with Crippen LogP contribution < -0.4 is 5.32 Å². The monoisotopic (exact) mass is 299 g/mol. The van der Waals surface area contributed by atoms with Crippen molar-refractivity contribution in [1.82, 2.24) is 5.32 Å². The predicted octanol–water partition coefficient (Wildman–Crippen LogP) is 2.56. The fourth-order valence-corrected chi connectivity index (χ4v) is 1.88. The summed E-state index contributed by atoms with van der Waals surface area (Å²) in [5.74, 6) is -2.32. The molecule has 0 spiro atoms. The van der Waals surface area contributed by atoms with Crippen LogP contribution in [0.2, 0.25) is 5.02 Å². The smallest absolute Gasteiger partial charge is 0.326 e. The van der Waals surface area contributed by atoms with Gasteiger partial charge in [0.1, 0.15) is 11.9 Å². The zero-order valence-corrected chi connectivity index (χ0v) is 11.5. The molecular weight excluding hydrogens is 285 g/mol. The third-order valence-corrected chi connectivity index (χ3v) is 3.05. The molecule has 0 aromatic heterocycles. The van der Waals surface area contributed by atoms with Gasteiger partial charge in [0, 0.05) is 10.6 Å². The molecule has 0 heterocycles. The minimum absolute atomic E-state index is 0.0551. The number of carbonyl (C=O) groups is 2. The van der Waals surface area contributed by atoms with Gasteiger partial charge < -0.3 is 10.4 Å². The van der Waals surface area contributed by atoms with Gasteiger partial charge in [0.25, 0.3) is 0 Å². The van der Waals surface area contributed by atoms with Crippen molar-refractivity contribution in [2.45, 2.75) is 25.3 Å². The number of benzene rings is 1. The van der Waals surface area contributed by atoms with Gasteiger partial charge in [-0.2, -0.15) is 0 Å². The molecule has 20 heavy (non-hydrogen) atoms. The molecule has 4 nitrogen and oxygen atoms in total. The van der Waals surface area contributed by atoms with E-state index in [1.54, 1.807) is 6.08 Å². The molecule has 0 aliphatic rings. The summed E-state index contributed by atoms with van der Waals surface area (Å²) in [6.07, 6.45) is 1.95. The van der Waals surface area contributed by atoms with Gasteiger partial charge in [-0.05, 0) is 25.0 Å². The number of hydrogen-bond donors (Lipinski definition) is 2. The SMILES string of the molecule is C=CCCC(NC(=O)Cc1c(F)cccc1Cl)C(=O)O. The molecule has 0 saturated heterocycles. The molecule has 1 atom stereocenters. The van der Waals surface area contributed by atoms with Gasteiger partial charge in [0.05, 0.1) is 6.42 Å². The van der Waals surface area contributed by atoms with Gasteiger partial charge >= 0.3 is 5.97 Å². The number of hydrogen-bond acceptors (Lipinski definition) is 2. The van der Waals surface area contributed by atoms with E-state index in [0.717, 1.165) is 0 Å². The Labute approximate surface area is 121 Å². The molecule has 0 radical (unpaired) electrons. The van der Waals surface area contributed by atoms with E-state index in [9.17, 15) is 14.0 Å². The first-order chi connectivity index (χ1) is 9.45. The van der Waals surface area contributed by atoms with Gasteiger partial charge in [0.2, 0.25) is 5.91 Å². The lowest BCUT2D eigenvalue weighted by molar-refractivity contribution is -0.141. The summed E-state index contributed by atoms with van der Waals surface area (Å²) in [6, 6.07) is 3.08. The van der Waals surface area contributed by atoms with E-state index in [1.165, 1.54) is 18.2 Å². The van der Waals surface area contributed by atoms with Crippen molar-refractivity contribution < 1.29 is 19.1 Å². The molecule has 0 bridgehead atoms. The van der Waals surface area contributed by atoms with Crippen molar-refractivity contribution in [2.75, 3.05) is 0 Å². The molecule has 1 aromatic rings. The molecule has 1 unspecified atom stereocenters. The van der Waals surface area contributed by atoms with Crippen LogP contribution in [0.5, 0.6) is 0 Å². The fourth-order valence-electron chi connectivity index (χ4n) is 1.65. The van der Waals surface area contributed by atoms with Gasteiger partial charge in [-0.25, -0.2) is 9.18 Å². The summed E-state index contributed by atoms with van der Waals surface area (Å²) in [5.41, 5.74) is 0.0551. The number of nitrogens with one attached hydrogen (secondary N) is 1. The highest BCUT2D eigenvalue weighted by molar-refractivity contribution is 6.31. The Hall–Kier alpha value is -1.88. The second-order valence-electron chi connectivity index (χ2n) is 4.20. The zero-order chi connectivity index (χ0) is 15.1. The summed E-state index contributed by atoms with van der Waals surface area (Å²) in [5, 5.41) is 11.5. The van der Waals surface area contributed by atoms with E-state index in [0.29, 0.717) is 6.42 Å². The molecule has 2 N–H and O–H groups in total. The third kappa shape index (κ3) is 4.66. The van der Waals surface area contributed by atoms with Gasteiger partial charge in [0.15, 0.2) is 0 Å². The summed E-state index contributed by atoms with van der Waals surface area (Å²) >= 11 is 5.81. The molecule has 108 valence electrons. The van der Waals surface area contributed by atoms with Crippen molar-refractivity contribution in [3.05, 3.63) is 47.3 Å². The number of rotatable bonds is 7. The number of amides is 1. The Kier molecular flexibility index (Phi) is 6.18. The van der Waals surface area contributed by atoms with Gasteiger partial charge in [-0.1, -0.05) is 23.7 Å². The van der Waals surface area contributed by atoms with Crippen LogP contribution in [0.1, 0.15) is 18.4 Å². The van der Waals surface area contributed by atoms with Crippen LogP contribution in [0, 0.1) is 5.82 Å². The molecular formula is C14H15ClFNO3. The maximum absolute atomic E-state index is 13.5. The average Bonchev–Trinajstić information content (AvgIpc) is 2.38. The molecule has 1 amide bonds. The topological polar surface area (TPSA) is 66.4 Å². The van der Waals surface area contributed by atoms with E-state index >= 15 is 0 Å². The molecule has 1 rings (SSSR count). The Bertz CT molecular complexity index is 499. The second kappa shape index (κ2) is 7.65. The number of carboxylic acids is 1. The molecule has 0 saturated carbocycles. The average molecular weight is 300 g/mol.